The van der Waals surface area contributed by atoms with Crippen LogP contribution in [-0.2, 0) is 9.31 Å². The summed E-state index contributed by atoms with van der Waals surface area (Å²) < 4.78 is 12.2. The standard InChI is InChI=1S/C16H20BNO2S/c1-11-13(17-19-15(2,3)16(4,5)20-17)18-14(21-11)12-9-7-6-8-10-12/h6-10H,1-5H3. The van der Waals surface area contributed by atoms with Gasteiger partial charge in [-0.3, -0.25) is 0 Å². The molecule has 0 saturated carbocycles. The number of benzene rings is 1. The highest BCUT2D eigenvalue weighted by atomic mass is 32.1. The molecule has 21 heavy (non-hydrogen) atoms. The van der Waals surface area contributed by atoms with Crippen LogP contribution in [0.1, 0.15) is 32.6 Å². The molecule has 1 fully saturated rings. The minimum atomic E-state index is -0.385. The topological polar surface area (TPSA) is 31.4 Å². The smallest absolute Gasteiger partial charge is 0.398 e. The lowest BCUT2D eigenvalue weighted by Gasteiger charge is -2.32. The first-order chi connectivity index (χ1) is 9.80. The van der Waals surface area contributed by atoms with E-state index in [9.17, 15) is 0 Å². The van der Waals surface area contributed by atoms with Crippen LogP contribution in [0.5, 0.6) is 0 Å². The molecule has 1 saturated heterocycles. The summed E-state index contributed by atoms with van der Waals surface area (Å²) in [4.78, 5) is 5.91. The Labute approximate surface area is 130 Å². The van der Waals surface area contributed by atoms with Crippen LogP contribution in [0, 0.1) is 6.92 Å². The van der Waals surface area contributed by atoms with Crippen molar-refractivity contribution < 1.29 is 9.31 Å². The molecule has 3 nitrogen and oxygen atoms in total. The molecule has 1 aliphatic rings. The van der Waals surface area contributed by atoms with Crippen molar-refractivity contribution in [1.29, 1.82) is 0 Å². The van der Waals surface area contributed by atoms with Crippen molar-refractivity contribution >= 4 is 24.0 Å². The van der Waals surface area contributed by atoms with Crippen molar-refractivity contribution in [3.8, 4) is 10.6 Å². The third-order valence-corrected chi connectivity index (χ3v) is 5.37. The van der Waals surface area contributed by atoms with Gasteiger partial charge in [0.05, 0.1) is 16.8 Å². The third-order valence-electron chi connectivity index (χ3n) is 4.33. The van der Waals surface area contributed by atoms with Gasteiger partial charge in [0, 0.05) is 10.4 Å². The predicted molar refractivity (Wildman–Crippen MR) is 88.0 cm³/mol. The average Bonchev–Trinajstić information content (AvgIpc) is 2.89. The molecule has 0 aliphatic carbocycles. The number of nitrogens with zero attached hydrogens (tertiary/aromatic N) is 1. The highest BCUT2D eigenvalue weighted by Crippen LogP contribution is 2.37. The van der Waals surface area contributed by atoms with Crippen molar-refractivity contribution in [3.05, 3.63) is 35.2 Å². The zero-order valence-electron chi connectivity index (χ0n) is 13.1. The van der Waals surface area contributed by atoms with E-state index in [2.05, 4.69) is 46.8 Å². The van der Waals surface area contributed by atoms with Crippen LogP contribution < -0.4 is 5.59 Å². The van der Waals surface area contributed by atoms with E-state index in [-0.39, 0.29) is 18.3 Å². The summed E-state index contributed by atoms with van der Waals surface area (Å²) in [6.07, 6.45) is 0. The molecule has 1 aromatic carbocycles. The van der Waals surface area contributed by atoms with E-state index < -0.39 is 0 Å². The van der Waals surface area contributed by atoms with Gasteiger partial charge in [0.25, 0.3) is 0 Å². The normalized spacial score (nSPS) is 20.0. The molecule has 0 N–H and O–H groups in total. The first kappa shape index (κ1) is 14.8. The van der Waals surface area contributed by atoms with Crippen molar-refractivity contribution in [2.45, 2.75) is 45.8 Å². The average molecular weight is 301 g/mol. The van der Waals surface area contributed by atoms with Crippen LogP contribution in [0.2, 0.25) is 0 Å². The lowest BCUT2D eigenvalue weighted by atomic mass is 9.84. The number of rotatable bonds is 2. The monoisotopic (exact) mass is 301 g/mol. The Kier molecular flexibility index (Phi) is 3.47. The fraction of sp³-hybridized carbons (Fsp3) is 0.438. The minimum Gasteiger partial charge on any atom is -0.398 e. The molecule has 0 unspecified atom stereocenters. The van der Waals surface area contributed by atoms with Gasteiger partial charge in [0.2, 0.25) is 0 Å². The fourth-order valence-corrected chi connectivity index (χ4v) is 3.22. The highest BCUT2D eigenvalue weighted by Gasteiger charge is 2.53. The van der Waals surface area contributed by atoms with Crippen molar-refractivity contribution in [1.82, 2.24) is 4.98 Å². The lowest BCUT2D eigenvalue weighted by molar-refractivity contribution is 0.00578. The van der Waals surface area contributed by atoms with Gasteiger partial charge in [-0.2, -0.15) is 0 Å². The zero-order chi connectivity index (χ0) is 15.3. The minimum absolute atomic E-state index is 0.333. The number of hydrogen-bond acceptors (Lipinski definition) is 4. The predicted octanol–water partition coefficient (Wildman–Crippen LogP) is 3.42. The maximum absolute atomic E-state index is 6.10. The third kappa shape index (κ3) is 2.54. The van der Waals surface area contributed by atoms with Gasteiger partial charge in [0.1, 0.15) is 5.01 Å². The second kappa shape index (κ2) is 4.94. The summed E-state index contributed by atoms with van der Waals surface area (Å²) in [6, 6.07) is 10.2. The van der Waals surface area contributed by atoms with Gasteiger partial charge in [-0.05, 0) is 34.6 Å². The lowest BCUT2D eigenvalue weighted by Crippen LogP contribution is -2.41. The van der Waals surface area contributed by atoms with E-state index in [4.69, 9.17) is 14.3 Å². The summed E-state index contributed by atoms with van der Waals surface area (Å²) in [5, 5.41) is 1.01. The van der Waals surface area contributed by atoms with Crippen LogP contribution >= 0.6 is 11.3 Å². The second-order valence-electron chi connectivity index (χ2n) is 6.41. The molecule has 5 heteroatoms. The summed E-state index contributed by atoms with van der Waals surface area (Å²) >= 11 is 1.68. The number of thiazole rings is 1. The van der Waals surface area contributed by atoms with E-state index >= 15 is 0 Å². The summed E-state index contributed by atoms with van der Waals surface area (Å²) in [6.45, 7) is 10.3. The first-order valence-corrected chi connectivity index (χ1v) is 8.00. The SMILES string of the molecule is Cc1sc(-c2ccccc2)nc1B1OC(C)(C)C(C)(C)O1. The Bertz CT molecular complexity index is 636. The van der Waals surface area contributed by atoms with Crippen LogP contribution in [0.3, 0.4) is 0 Å². The fourth-order valence-electron chi connectivity index (χ4n) is 2.29. The molecule has 0 atom stereocenters. The maximum atomic E-state index is 6.10. The number of aryl methyl sites for hydroxylation is 1. The Hall–Kier alpha value is -1.17. The van der Waals surface area contributed by atoms with Crippen LogP contribution in [0.15, 0.2) is 30.3 Å². The molecule has 3 rings (SSSR count). The summed E-state index contributed by atoms with van der Waals surface area (Å²) in [5.74, 6) is 0. The van der Waals surface area contributed by atoms with E-state index in [1.807, 2.05) is 18.2 Å². The molecule has 0 radical (unpaired) electrons. The molecule has 0 bridgehead atoms. The van der Waals surface area contributed by atoms with Gasteiger partial charge in [0.15, 0.2) is 0 Å². The van der Waals surface area contributed by atoms with Gasteiger partial charge in [-0.25, -0.2) is 4.98 Å². The Morgan fingerprint density at radius 1 is 1.00 bits per heavy atom. The molecular weight excluding hydrogens is 281 g/mol. The summed E-state index contributed by atoms with van der Waals surface area (Å²) in [5.41, 5.74) is 1.37. The molecule has 1 aliphatic heterocycles. The van der Waals surface area contributed by atoms with Crippen LogP contribution in [0.4, 0.5) is 0 Å². The van der Waals surface area contributed by atoms with E-state index in [0.29, 0.717) is 0 Å². The highest BCUT2D eigenvalue weighted by molar-refractivity contribution is 7.16. The van der Waals surface area contributed by atoms with Crippen LogP contribution in [-0.4, -0.2) is 23.3 Å². The second-order valence-corrected chi connectivity index (χ2v) is 7.62. The number of aromatic nitrogens is 1. The maximum Gasteiger partial charge on any atom is 0.515 e. The van der Waals surface area contributed by atoms with Gasteiger partial charge < -0.3 is 9.31 Å². The van der Waals surface area contributed by atoms with Crippen LogP contribution in [0.25, 0.3) is 10.6 Å². The van der Waals surface area contributed by atoms with Gasteiger partial charge in [-0.1, -0.05) is 30.3 Å². The van der Waals surface area contributed by atoms with Crippen molar-refractivity contribution in [2.75, 3.05) is 0 Å². The van der Waals surface area contributed by atoms with Crippen molar-refractivity contribution in [2.24, 2.45) is 0 Å². The first-order valence-electron chi connectivity index (χ1n) is 7.18. The zero-order valence-corrected chi connectivity index (χ0v) is 14.0. The number of hydrogen-bond donors (Lipinski definition) is 0. The largest absolute Gasteiger partial charge is 0.515 e. The van der Waals surface area contributed by atoms with Gasteiger partial charge >= 0.3 is 7.12 Å². The Balaban J connectivity index is 1.93. The molecule has 110 valence electrons. The molecule has 0 amide bonds. The molecule has 1 aromatic heterocycles. The Morgan fingerprint density at radius 2 is 1.57 bits per heavy atom. The molecule has 2 heterocycles. The van der Waals surface area contributed by atoms with Gasteiger partial charge in [-0.15, -0.1) is 11.3 Å². The Morgan fingerprint density at radius 3 is 2.14 bits per heavy atom. The summed E-state index contributed by atoms with van der Waals surface area (Å²) in [7, 11) is -0.385. The van der Waals surface area contributed by atoms with E-state index in [0.717, 1.165) is 21.0 Å². The van der Waals surface area contributed by atoms with E-state index in [1.165, 1.54) is 0 Å². The quantitative estimate of drug-likeness (QED) is 0.797. The molecule has 2 aromatic rings. The van der Waals surface area contributed by atoms with Crippen molar-refractivity contribution in [3.63, 3.8) is 0 Å². The molecular formula is C16H20BNO2S. The molecule has 0 spiro atoms. The van der Waals surface area contributed by atoms with E-state index in [1.54, 1.807) is 11.3 Å².